The Labute approximate surface area is 134 Å². The van der Waals surface area contributed by atoms with Gasteiger partial charge in [-0.15, -0.1) is 0 Å². The minimum atomic E-state index is -0.135. The summed E-state index contributed by atoms with van der Waals surface area (Å²) in [6.45, 7) is 1.45. The van der Waals surface area contributed by atoms with Gasteiger partial charge in [0.05, 0.1) is 10.9 Å². The zero-order valence-corrected chi connectivity index (χ0v) is 13.2. The molecule has 3 rings (SSSR count). The number of hydrogen-bond acceptors (Lipinski definition) is 4. The first-order valence-electron chi connectivity index (χ1n) is 7.50. The number of aromatic amines is 1. The minimum Gasteiger partial charge on any atom is -0.492 e. The molecule has 0 unspecified atom stereocenters. The predicted octanol–water partition coefficient (Wildman–Crippen LogP) is 2.53. The number of nitrogens with zero attached hydrogens (tertiary/aromatic N) is 2. The molecule has 1 N–H and O–H groups in total. The number of H-pyrrole nitrogens is 1. The van der Waals surface area contributed by atoms with Gasteiger partial charge in [-0.05, 0) is 38.4 Å². The zero-order valence-electron chi connectivity index (χ0n) is 13.2. The third-order valence-electron chi connectivity index (χ3n) is 3.53. The predicted molar refractivity (Wildman–Crippen MR) is 91.8 cm³/mol. The molecule has 0 atom stereocenters. The van der Waals surface area contributed by atoms with E-state index in [-0.39, 0.29) is 5.56 Å². The molecule has 0 amide bonds. The van der Waals surface area contributed by atoms with Crippen molar-refractivity contribution in [2.75, 3.05) is 27.2 Å². The van der Waals surface area contributed by atoms with E-state index in [1.165, 1.54) is 0 Å². The van der Waals surface area contributed by atoms with E-state index in [1.54, 1.807) is 6.07 Å². The van der Waals surface area contributed by atoms with Crippen LogP contribution in [0.15, 0.2) is 53.3 Å². The summed E-state index contributed by atoms with van der Waals surface area (Å²) in [7, 11) is 4.01. The van der Waals surface area contributed by atoms with E-state index in [2.05, 4.69) is 14.9 Å². The Balaban J connectivity index is 1.91. The normalized spacial score (nSPS) is 11.1. The molecule has 1 aromatic heterocycles. The molecule has 118 valence electrons. The second kappa shape index (κ2) is 6.62. The van der Waals surface area contributed by atoms with Crippen LogP contribution in [-0.2, 0) is 0 Å². The van der Waals surface area contributed by atoms with Crippen LogP contribution in [0, 0.1) is 0 Å². The number of fused-ring (bicyclic) bond motifs is 1. The Kier molecular flexibility index (Phi) is 4.39. The summed E-state index contributed by atoms with van der Waals surface area (Å²) >= 11 is 0. The Morgan fingerprint density at radius 2 is 1.96 bits per heavy atom. The van der Waals surface area contributed by atoms with Gasteiger partial charge in [0.1, 0.15) is 18.2 Å². The fourth-order valence-electron chi connectivity index (χ4n) is 2.30. The summed E-state index contributed by atoms with van der Waals surface area (Å²) in [6.07, 6.45) is 0. The molecule has 5 heteroatoms. The van der Waals surface area contributed by atoms with E-state index >= 15 is 0 Å². The second-order valence-electron chi connectivity index (χ2n) is 5.61. The Morgan fingerprint density at radius 1 is 1.13 bits per heavy atom. The van der Waals surface area contributed by atoms with Gasteiger partial charge in [-0.3, -0.25) is 4.79 Å². The average Bonchev–Trinajstić information content (AvgIpc) is 2.55. The maximum atomic E-state index is 12.2. The Hall–Kier alpha value is -2.66. The van der Waals surface area contributed by atoms with Crippen molar-refractivity contribution in [2.45, 2.75) is 0 Å². The van der Waals surface area contributed by atoms with Crippen LogP contribution in [-0.4, -0.2) is 42.1 Å². The molecule has 5 nitrogen and oxygen atoms in total. The standard InChI is InChI=1S/C18H19N3O2/c1-21(2)10-11-23-14-7-5-6-13(12-14)17-19-16-9-4-3-8-15(16)18(22)20-17/h3-9,12H,10-11H2,1-2H3,(H,19,20,22). The molecule has 3 aromatic rings. The fourth-order valence-corrected chi connectivity index (χ4v) is 2.30. The van der Waals surface area contributed by atoms with E-state index in [1.807, 2.05) is 56.6 Å². The molecule has 0 spiro atoms. The number of rotatable bonds is 5. The van der Waals surface area contributed by atoms with Crippen LogP contribution in [0.3, 0.4) is 0 Å². The van der Waals surface area contributed by atoms with Gasteiger partial charge in [0.2, 0.25) is 0 Å². The van der Waals surface area contributed by atoms with Gasteiger partial charge in [0.25, 0.3) is 5.56 Å². The summed E-state index contributed by atoms with van der Waals surface area (Å²) in [4.78, 5) is 21.6. The molecule has 0 aliphatic rings. The van der Waals surface area contributed by atoms with Crippen molar-refractivity contribution in [1.82, 2.24) is 14.9 Å². The summed E-state index contributed by atoms with van der Waals surface area (Å²) < 4.78 is 5.74. The average molecular weight is 309 g/mol. The van der Waals surface area contributed by atoms with Gasteiger partial charge in [0, 0.05) is 12.1 Å². The SMILES string of the molecule is CN(C)CCOc1cccc(-c2nc3ccccc3c(=O)[nH]2)c1. The number of hydrogen-bond donors (Lipinski definition) is 1. The van der Waals surface area contributed by atoms with Gasteiger partial charge in [-0.2, -0.15) is 0 Å². The van der Waals surface area contributed by atoms with E-state index in [9.17, 15) is 4.79 Å². The quantitative estimate of drug-likeness (QED) is 0.787. The number of ether oxygens (including phenoxy) is 1. The highest BCUT2D eigenvalue weighted by molar-refractivity contribution is 5.79. The number of nitrogens with one attached hydrogen (secondary N) is 1. The van der Waals surface area contributed by atoms with Gasteiger partial charge >= 0.3 is 0 Å². The van der Waals surface area contributed by atoms with Gasteiger partial charge in [0.15, 0.2) is 0 Å². The van der Waals surface area contributed by atoms with Crippen LogP contribution in [0.1, 0.15) is 0 Å². The number of benzene rings is 2. The molecule has 1 heterocycles. The summed E-state index contributed by atoms with van der Waals surface area (Å²) in [6, 6.07) is 14.9. The summed E-state index contributed by atoms with van der Waals surface area (Å²) in [5, 5.41) is 0.592. The van der Waals surface area contributed by atoms with Crippen molar-refractivity contribution in [1.29, 1.82) is 0 Å². The lowest BCUT2D eigenvalue weighted by molar-refractivity contribution is 0.261. The lowest BCUT2D eigenvalue weighted by Gasteiger charge is -2.11. The number of para-hydroxylation sites is 1. The van der Waals surface area contributed by atoms with Crippen molar-refractivity contribution < 1.29 is 4.74 Å². The highest BCUT2D eigenvalue weighted by Crippen LogP contribution is 2.21. The van der Waals surface area contributed by atoms with Crippen molar-refractivity contribution in [2.24, 2.45) is 0 Å². The second-order valence-corrected chi connectivity index (χ2v) is 5.61. The maximum absolute atomic E-state index is 12.2. The first-order valence-corrected chi connectivity index (χ1v) is 7.50. The monoisotopic (exact) mass is 309 g/mol. The highest BCUT2D eigenvalue weighted by Gasteiger charge is 2.06. The first kappa shape index (κ1) is 15.2. The van der Waals surface area contributed by atoms with Crippen LogP contribution in [0.5, 0.6) is 5.75 Å². The fraction of sp³-hybridized carbons (Fsp3) is 0.222. The lowest BCUT2D eigenvalue weighted by atomic mass is 10.2. The molecule has 23 heavy (non-hydrogen) atoms. The molecule has 0 aliphatic heterocycles. The van der Waals surface area contributed by atoms with Crippen molar-refractivity contribution in [3.63, 3.8) is 0 Å². The van der Waals surface area contributed by atoms with Crippen LogP contribution in [0.2, 0.25) is 0 Å². The Bertz CT molecular complexity index is 871. The molecule has 0 saturated heterocycles. The van der Waals surface area contributed by atoms with Crippen LogP contribution >= 0.6 is 0 Å². The van der Waals surface area contributed by atoms with E-state index in [0.29, 0.717) is 23.3 Å². The third kappa shape index (κ3) is 3.57. The molecule has 2 aromatic carbocycles. The molecule has 0 fully saturated rings. The van der Waals surface area contributed by atoms with E-state index in [0.717, 1.165) is 17.9 Å². The van der Waals surface area contributed by atoms with Gasteiger partial charge in [-0.25, -0.2) is 4.98 Å². The van der Waals surface area contributed by atoms with Crippen molar-refractivity contribution in [3.8, 4) is 17.1 Å². The zero-order chi connectivity index (χ0) is 16.2. The maximum Gasteiger partial charge on any atom is 0.259 e. The minimum absolute atomic E-state index is 0.135. The molecular formula is C18H19N3O2. The molecule has 0 bridgehead atoms. The molecule has 0 saturated carbocycles. The smallest absolute Gasteiger partial charge is 0.259 e. The molecule has 0 radical (unpaired) electrons. The van der Waals surface area contributed by atoms with Crippen LogP contribution < -0.4 is 10.3 Å². The first-order chi connectivity index (χ1) is 11.1. The van der Waals surface area contributed by atoms with Gasteiger partial charge < -0.3 is 14.6 Å². The van der Waals surface area contributed by atoms with Gasteiger partial charge in [-0.1, -0.05) is 24.3 Å². The number of aromatic nitrogens is 2. The number of likely N-dealkylation sites (N-methyl/N-ethyl adjacent to an activating group) is 1. The largest absolute Gasteiger partial charge is 0.492 e. The van der Waals surface area contributed by atoms with Crippen LogP contribution in [0.4, 0.5) is 0 Å². The molecular weight excluding hydrogens is 290 g/mol. The van der Waals surface area contributed by atoms with E-state index < -0.39 is 0 Å². The summed E-state index contributed by atoms with van der Waals surface area (Å²) in [5.74, 6) is 1.31. The van der Waals surface area contributed by atoms with Crippen LogP contribution in [0.25, 0.3) is 22.3 Å². The highest BCUT2D eigenvalue weighted by atomic mass is 16.5. The topological polar surface area (TPSA) is 58.2 Å². The van der Waals surface area contributed by atoms with Crippen molar-refractivity contribution >= 4 is 10.9 Å². The van der Waals surface area contributed by atoms with E-state index in [4.69, 9.17) is 4.74 Å². The van der Waals surface area contributed by atoms with Crippen molar-refractivity contribution in [3.05, 3.63) is 58.9 Å². The third-order valence-corrected chi connectivity index (χ3v) is 3.53. The summed E-state index contributed by atoms with van der Waals surface area (Å²) in [5.41, 5.74) is 1.38. The Morgan fingerprint density at radius 3 is 2.78 bits per heavy atom. The lowest BCUT2D eigenvalue weighted by Crippen LogP contribution is -2.19. The molecule has 0 aliphatic carbocycles.